The summed E-state index contributed by atoms with van der Waals surface area (Å²) >= 11 is 0. The molecule has 0 spiro atoms. The van der Waals surface area contributed by atoms with Gasteiger partial charge < -0.3 is 72.5 Å². The van der Waals surface area contributed by atoms with Gasteiger partial charge in [-0.3, -0.25) is 0 Å². The first-order chi connectivity index (χ1) is 15.1. The minimum absolute atomic E-state index is 0.0922. The summed E-state index contributed by atoms with van der Waals surface area (Å²) in [5.74, 6) is 0. The Hall–Kier alpha value is -0.560. The number of aliphatic hydroxyl groups excluding tert-OH is 6. The molecule has 2 heterocycles. The van der Waals surface area contributed by atoms with Crippen molar-refractivity contribution in [2.24, 2.45) is 22.9 Å². The Labute approximate surface area is 185 Å². The second-order valence-electron chi connectivity index (χ2n) is 8.65. The van der Waals surface area contributed by atoms with Crippen LogP contribution in [0.25, 0.3) is 0 Å². The molecule has 32 heavy (non-hydrogen) atoms. The van der Waals surface area contributed by atoms with Crippen LogP contribution >= 0.6 is 0 Å². The lowest BCUT2D eigenvalue weighted by molar-refractivity contribution is -0.319. The fourth-order valence-electron chi connectivity index (χ4n) is 4.29. The van der Waals surface area contributed by atoms with Crippen LogP contribution in [0.1, 0.15) is 12.8 Å². The van der Waals surface area contributed by atoms with Crippen molar-refractivity contribution in [1.29, 1.82) is 0 Å². The van der Waals surface area contributed by atoms with Gasteiger partial charge in [-0.05, 0) is 12.8 Å². The van der Waals surface area contributed by atoms with E-state index in [1.54, 1.807) is 0 Å². The van der Waals surface area contributed by atoms with Gasteiger partial charge in [0.15, 0.2) is 12.6 Å². The molecule has 0 aromatic carbocycles. The Balaban J connectivity index is 1.59. The molecule has 0 bridgehead atoms. The maximum absolute atomic E-state index is 10.2. The summed E-state index contributed by atoms with van der Waals surface area (Å²) in [6.07, 6.45) is -14.1. The average Bonchev–Trinajstić information content (AvgIpc) is 2.77. The molecule has 2 aliphatic heterocycles. The number of nitrogens with two attached hydrogens (primary N) is 4. The SMILES string of the molecule is NC[C@H]1O[C@@H](O[C@H]2C[C@H](N)[C@@H](O[C@H]3O[C@H](CN)[C@@H](O)[C@H](O)[C@H]3O)C[C@@H]2N)[C@H](O)[C@@H](O)[C@@H]1O. The average molecular weight is 469 g/mol. The Bertz CT molecular complexity index is 554. The van der Waals surface area contributed by atoms with Crippen molar-refractivity contribution in [2.75, 3.05) is 13.1 Å². The summed E-state index contributed by atoms with van der Waals surface area (Å²) in [6.45, 7) is -0.184. The molecule has 188 valence electrons. The zero-order valence-electron chi connectivity index (χ0n) is 17.5. The number of hydrogen-bond donors (Lipinski definition) is 10. The minimum Gasteiger partial charge on any atom is -0.388 e. The molecule has 3 rings (SSSR count). The summed E-state index contributed by atoms with van der Waals surface area (Å²) in [7, 11) is 0. The van der Waals surface area contributed by atoms with Gasteiger partial charge in [-0.15, -0.1) is 0 Å². The Kier molecular flexibility index (Phi) is 8.79. The van der Waals surface area contributed by atoms with Crippen LogP contribution in [0, 0.1) is 0 Å². The van der Waals surface area contributed by atoms with Gasteiger partial charge in [0.2, 0.25) is 0 Å². The van der Waals surface area contributed by atoms with Crippen molar-refractivity contribution < 1.29 is 49.6 Å². The van der Waals surface area contributed by atoms with Gasteiger partial charge >= 0.3 is 0 Å². The molecule has 0 aromatic rings. The molecule has 14 atom stereocenters. The summed E-state index contributed by atoms with van der Waals surface area (Å²) in [5, 5.41) is 60.2. The molecule has 14 nitrogen and oxygen atoms in total. The van der Waals surface area contributed by atoms with Crippen LogP contribution in [-0.2, 0) is 18.9 Å². The molecule has 1 saturated carbocycles. The van der Waals surface area contributed by atoms with E-state index in [0.717, 1.165) is 0 Å². The second-order valence-corrected chi connectivity index (χ2v) is 8.65. The molecule has 3 fully saturated rings. The van der Waals surface area contributed by atoms with E-state index >= 15 is 0 Å². The van der Waals surface area contributed by atoms with E-state index in [2.05, 4.69) is 0 Å². The van der Waals surface area contributed by atoms with Gasteiger partial charge in [0.05, 0.1) is 12.2 Å². The molecular formula is C18H36N4O10. The fourth-order valence-corrected chi connectivity index (χ4v) is 4.29. The Morgan fingerprint density at radius 3 is 1.25 bits per heavy atom. The third-order valence-corrected chi connectivity index (χ3v) is 6.38. The molecule has 0 aromatic heterocycles. The van der Waals surface area contributed by atoms with Crippen LogP contribution in [0.4, 0.5) is 0 Å². The van der Waals surface area contributed by atoms with Crippen molar-refractivity contribution in [3.05, 3.63) is 0 Å². The lowest BCUT2D eigenvalue weighted by atomic mass is 9.86. The topological polar surface area (TPSA) is 262 Å². The van der Waals surface area contributed by atoms with E-state index in [4.69, 9.17) is 41.9 Å². The van der Waals surface area contributed by atoms with E-state index in [0.29, 0.717) is 0 Å². The van der Waals surface area contributed by atoms with Crippen LogP contribution in [0.5, 0.6) is 0 Å². The van der Waals surface area contributed by atoms with Crippen molar-refractivity contribution in [3.63, 3.8) is 0 Å². The predicted molar refractivity (Wildman–Crippen MR) is 106 cm³/mol. The normalized spacial score (nSPS) is 52.7. The molecule has 3 aliphatic rings. The second kappa shape index (κ2) is 10.8. The summed E-state index contributed by atoms with van der Waals surface area (Å²) in [4.78, 5) is 0. The summed E-state index contributed by atoms with van der Waals surface area (Å²) in [5.41, 5.74) is 23.5. The monoisotopic (exact) mass is 468 g/mol. The Morgan fingerprint density at radius 1 is 0.594 bits per heavy atom. The summed E-state index contributed by atoms with van der Waals surface area (Å²) < 4.78 is 22.5. The number of aliphatic hydroxyl groups is 6. The maximum atomic E-state index is 10.2. The highest BCUT2D eigenvalue weighted by molar-refractivity contribution is 4.96. The van der Waals surface area contributed by atoms with E-state index in [-0.39, 0.29) is 25.9 Å². The molecule has 2 saturated heterocycles. The van der Waals surface area contributed by atoms with Gasteiger partial charge in [0.1, 0.15) is 48.8 Å². The van der Waals surface area contributed by atoms with Gasteiger partial charge in [-0.25, -0.2) is 0 Å². The number of rotatable bonds is 6. The van der Waals surface area contributed by atoms with Crippen LogP contribution < -0.4 is 22.9 Å². The zero-order chi connectivity index (χ0) is 23.7. The first-order valence-electron chi connectivity index (χ1n) is 10.7. The van der Waals surface area contributed by atoms with Crippen molar-refractivity contribution >= 4 is 0 Å². The quantitative estimate of drug-likeness (QED) is 0.174. The lowest BCUT2D eigenvalue weighted by Crippen LogP contribution is -2.64. The highest BCUT2D eigenvalue weighted by Gasteiger charge is 2.48. The lowest BCUT2D eigenvalue weighted by Gasteiger charge is -2.46. The van der Waals surface area contributed by atoms with Crippen LogP contribution in [-0.4, -0.2) is 129 Å². The predicted octanol–water partition coefficient (Wildman–Crippen LogP) is -6.26. The molecule has 0 unspecified atom stereocenters. The van der Waals surface area contributed by atoms with Crippen LogP contribution in [0.2, 0.25) is 0 Å². The smallest absolute Gasteiger partial charge is 0.186 e. The van der Waals surface area contributed by atoms with Gasteiger partial charge in [-0.2, -0.15) is 0 Å². The molecule has 14 N–H and O–H groups in total. The van der Waals surface area contributed by atoms with Gasteiger partial charge in [0.25, 0.3) is 0 Å². The van der Waals surface area contributed by atoms with Crippen molar-refractivity contribution in [2.45, 2.75) is 98.5 Å². The number of ether oxygens (including phenoxy) is 4. The van der Waals surface area contributed by atoms with Crippen LogP contribution in [0.3, 0.4) is 0 Å². The molecular weight excluding hydrogens is 432 g/mol. The highest BCUT2D eigenvalue weighted by Crippen LogP contribution is 2.30. The van der Waals surface area contributed by atoms with E-state index in [9.17, 15) is 30.6 Å². The Morgan fingerprint density at radius 2 is 0.938 bits per heavy atom. The number of hydrogen-bond acceptors (Lipinski definition) is 14. The minimum atomic E-state index is -1.52. The van der Waals surface area contributed by atoms with Gasteiger partial charge in [0, 0.05) is 25.2 Å². The highest BCUT2D eigenvalue weighted by atomic mass is 16.7. The largest absolute Gasteiger partial charge is 0.388 e. The third kappa shape index (κ3) is 5.24. The fraction of sp³-hybridized carbons (Fsp3) is 1.00. The van der Waals surface area contributed by atoms with Crippen molar-refractivity contribution in [1.82, 2.24) is 0 Å². The standard InChI is InChI=1S/C18H36N4O10/c19-3-9-11(23)13(25)15(27)17(31-9)29-7-1-5(21)8(2-6(7)22)30-18-16(28)14(26)12(24)10(4-20)32-18/h5-18,23-28H,1-4,19-22H2/t5-,6-,7-,8-,9+,10+,11+,12+,13-,14-,15+,16+,17-,18+/m0/s1. The summed E-state index contributed by atoms with van der Waals surface area (Å²) in [6, 6.07) is -1.25. The first-order valence-corrected chi connectivity index (χ1v) is 10.7. The molecule has 0 radical (unpaired) electrons. The third-order valence-electron chi connectivity index (χ3n) is 6.38. The zero-order valence-corrected chi connectivity index (χ0v) is 17.5. The maximum Gasteiger partial charge on any atom is 0.186 e. The molecule has 1 aliphatic carbocycles. The van der Waals surface area contributed by atoms with Crippen molar-refractivity contribution in [3.8, 4) is 0 Å². The molecule has 0 amide bonds. The van der Waals surface area contributed by atoms with Gasteiger partial charge in [-0.1, -0.05) is 0 Å². The van der Waals surface area contributed by atoms with Crippen LogP contribution in [0.15, 0.2) is 0 Å². The first kappa shape index (κ1) is 26.1. The van der Waals surface area contributed by atoms with E-state index in [1.165, 1.54) is 0 Å². The molecule has 14 heteroatoms. The van der Waals surface area contributed by atoms with E-state index in [1.807, 2.05) is 0 Å². The van der Waals surface area contributed by atoms with E-state index < -0.39 is 85.7 Å².